The molecule has 0 bridgehead atoms. The molecule has 5 nitrogen and oxygen atoms in total. The molecular formula is C13H20F3N5. The highest BCUT2D eigenvalue weighted by Crippen LogP contribution is 2.18. The van der Waals surface area contributed by atoms with Crippen LogP contribution in [0.15, 0.2) is 6.07 Å². The summed E-state index contributed by atoms with van der Waals surface area (Å²) in [4.78, 5) is 12.3. The second-order valence-corrected chi connectivity index (χ2v) is 5.23. The van der Waals surface area contributed by atoms with E-state index in [1.807, 2.05) is 13.0 Å². The third-order valence-electron chi connectivity index (χ3n) is 3.39. The van der Waals surface area contributed by atoms with Crippen molar-refractivity contribution in [2.75, 3.05) is 45.1 Å². The molecule has 0 amide bonds. The Labute approximate surface area is 122 Å². The summed E-state index contributed by atoms with van der Waals surface area (Å²) in [5.41, 5.74) is 0.875. The summed E-state index contributed by atoms with van der Waals surface area (Å²) in [6, 6.07) is 1.85. The number of aromatic nitrogens is 2. The number of alkyl halides is 3. The standard InChI is InChI=1S/C13H20F3N5/c1-10-7-11(17-2)19-12(18-10)8-20-3-5-21(6-4-20)9-13(14,15)16/h7H,3-6,8-9H2,1-2H3,(H,17,18,19). The zero-order valence-electron chi connectivity index (χ0n) is 12.2. The minimum atomic E-state index is -4.12. The van der Waals surface area contributed by atoms with Crippen LogP contribution in [0.2, 0.25) is 0 Å². The Morgan fingerprint density at radius 3 is 2.33 bits per heavy atom. The highest BCUT2D eigenvalue weighted by molar-refractivity contribution is 5.34. The fourth-order valence-corrected chi connectivity index (χ4v) is 2.39. The molecule has 1 saturated heterocycles. The van der Waals surface area contributed by atoms with E-state index in [1.54, 1.807) is 7.05 Å². The topological polar surface area (TPSA) is 44.3 Å². The molecule has 1 N–H and O–H groups in total. The van der Waals surface area contributed by atoms with E-state index in [0.29, 0.717) is 38.5 Å². The second kappa shape index (κ2) is 6.57. The lowest BCUT2D eigenvalue weighted by Crippen LogP contribution is -2.48. The Bertz CT molecular complexity index is 469. The van der Waals surface area contributed by atoms with Gasteiger partial charge < -0.3 is 5.32 Å². The van der Waals surface area contributed by atoms with Gasteiger partial charge in [-0.2, -0.15) is 13.2 Å². The van der Waals surface area contributed by atoms with Crippen LogP contribution in [0.25, 0.3) is 0 Å². The molecule has 1 aliphatic rings. The molecule has 1 aliphatic heterocycles. The van der Waals surface area contributed by atoms with Crippen molar-refractivity contribution < 1.29 is 13.2 Å². The number of hydrogen-bond acceptors (Lipinski definition) is 5. The minimum Gasteiger partial charge on any atom is -0.373 e. The average Bonchev–Trinajstić information content (AvgIpc) is 2.38. The van der Waals surface area contributed by atoms with Crippen molar-refractivity contribution >= 4 is 5.82 Å². The zero-order valence-corrected chi connectivity index (χ0v) is 12.2. The van der Waals surface area contributed by atoms with Crippen LogP contribution in [0.5, 0.6) is 0 Å². The van der Waals surface area contributed by atoms with E-state index < -0.39 is 12.7 Å². The van der Waals surface area contributed by atoms with Crippen LogP contribution in [0.1, 0.15) is 11.5 Å². The molecule has 0 saturated carbocycles. The van der Waals surface area contributed by atoms with Crippen LogP contribution in [0, 0.1) is 6.92 Å². The van der Waals surface area contributed by atoms with Crippen molar-refractivity contribution in [2.24, 2.45) is 0 Å². The third-order valence-corrected chi connectivity index (χ3v) is 3.39. The molecule has 0 spiro atoms. The Balaban J connectivity index is 1.87. The van der Waals surface area contributed by atoms with Gasteiger partial charge in [-0.15, -0.1) is 0 Å². The fraction of sp³-hybridized carbons (Fsp3) is 0.692. The zero-order chi connectivity index (χ0) is 15.5. The highest BCUT2D eigenvalue weighted by Gasteiger charge is 2.32. The number of nitrogens with zero attached hydrogens (tertiary/aromatic N) is 4. The van der Waals surface area contributed by atoms with Gasteiger partial charge in [0.05, 0.1) is 13.1 Å². The van der Waals surface area contributed by atoms with Gasteiger partial charge in [-0.05, 0) is 6.92 Å². The van der Waals surface area contributed by atoms with Gasteiger partial charge in [0.15, 0.2) is 0 Å². The number of halogens is 3. The maximum atomic E-state index is 12.3. The fourth-order valence-electron chi connectivity index (χ4n) is 2.39. The molecule has 1 aromatic rings. The Kier molecular flexibility index (Phi) is 5.00. The van der Waals surface area contributed by atoms with E-state index in [0.717, 1.165) is 11.5 Å². The normalized spacial score (nSPS) is 18.0. The summed E-state index contributed by atoms with van der Waals surface area (Å²) >= 11 is 0. The predicted octanol–water partition coefficient (Wildman–Crippen LogP) is 1.51. The van der Waals surface area contributed by atoms with Gasteiger partial charge in [0, 0.05) is 45.0 Å². The molecule has 0 aromatic carbocycles. The van der Waals surface area contributed by atoms with Crippen molar-refractivity contribution in [2.45, 2.75) is 19.6 Å². The van der Waals surface area contributed by atoms with Gasteiger partial charge in [0.1, 0.15) is 11.6 Å². The molecule has 0 radical (unpaired) electrons. The van der Waals surface area contributed by atoms with E-state index in [2.05, 4.69) is 20.2 Å². The highest BCUT2D eigenvalue weighted by atomic mass is 19.4. The molecule has 1 fully saturated rings. The van der Waals surface area contributed by atoms with Crippen LogP contribution in [0.3, 0.4) is 0 Å². The summed E-state index contributed by atoms with van der Waals surface area (Å²) in [7, 11) is 1.79. The number of aryl methyl sites for hydroxylation is 1. The molecule has 0 aliphatic carbocycles. The van der Waals surface area contributed by atoms with Crippen molar-refractivity contribution in [3.05, 3.63) is 17.6 Å². The molecule has 1 aromatic heterocycles. The molecular weight excluding hydrogens is 283 g/mol. The first-order valence-corrected chi connectivity index (χ1v) is 6.89. The first-order valence-electron chi connectivity index (χ1n) is 6.89. The lowest BCUT2D eigenvalue weighted by atomic mass is 10.3. The number of rotatable bonds is 4. The minimum absolute atomic E-state index is 0.421. The van der Waals surface area contributed by atoms with E-state index in [4.69, 9.17) is 0 Å². The summed E-state index contributed by atoms with van der Waals surface area (Å²) in [6.45, 7) is 3.67. The number of piperazine rings is 1. The van der Waals surface area contributed by atoms with E-state index >= 15 is 0 Å². The predicted molar refractivity (Wildman–Crippen MR) is 74.1 cm³/mol. The maximum absolute atomic E-state index is 12.3. The maximum Gasteiger partial charge on any atom is 0.401 e. The van der Waals surface area contributed by atoms with Gasteiger partial charge in [0.2, 0.25) is 0 Å². The second-order valence-electron chi connectivity index (χ2n) is 5.23. The van der Waals surface area contributed by atoms with Crippen molar-refractivity contribution in [1.29, 1.82) is 0 Å². The van der Waals surface area contributed by atoms with Crippen LogP contribution in [0.4, 0.5) is 19.0 Å². The number of nitrogens with one attached hydrogen (secondary N) is 1. The van der Waals surface area contributed by atoms with Crippen LogP contribution in [-0.4, -0.2) is 65.7 Å². The SMILES string of the molecule is CNc1cc(C)nc(CN2CCN(CC(F)(F)F)CC2)n1. The molecule has 2 rings (SSSR count). The molecule has 2 heterocycles. The van der Waals surface area contributed by atoms with Gasteiger partial charge in [-0.25, -0.2) is 9.97 Å². The third kappa shape index (κ3) is 5.13. The van der Waals surface area contributed by atoms with Crippen molar-refractivity contribution in [1.82, 2.24) is 19.8 Å². The van der Waals surface area contributed by atoms with Crippen LogP contribution in [-0.2, 0) is 6.54 Å². The van der Waals surface area contributed by atoms with Crippen molar-refractivity contribution in [3.8, 4) is 0 Å². The first-order chi connectivity index (χ1) is 9.85. The molecule has 118 valence electrons. The molecule has 21 heavy (non-hydrogen) atoms. The lowest BCUT2D eigenvalue weighted by molar-refractivity contribution is -0.149. The molecule has 8 heteroatoms. The average molecular weight is 303 g/mol. The Morgan fingerprint density at radius 1 is 1.14 bits per heavy atom. The van der Waals surface area contributed by atoms with E-state index in [1.165, 1.54) is 4.90 Å². The van der Waals surface area contributed by atoms with Crippen molar-refractivity contribution in [3.63, 3.8) is 0 Å². The van der Waals surface area contributed by atoms with E-state index in [9.17, 15) is 13.2 Å². The summed E-state index contributed by atoms with van der Waals surface area (Å²) in [6.07, 6.45) is -4.12. The number of anilines is 1. The summed E-state index contributed by atoms with van der Waals surface area (Å²) in [5, 5.41) is 2.98. The van der Waals surface area contributed by atoms with Crippen LogP contribution >= 0.6 is 0 Å². The monoisotopic (exact) mass is 303 g/mol. The summed E-state index contributed by atoms with van der Waals surface area (Å²) in [5.74, 6) is 1.46. The molecule has 0 atom stereocenters. The van der Waals surface area contributed by atoms with E-state index in [-0.39, 0.29) is 0 Å². The largest absolute Gasteiger partial charge is 0.401 e. The Morgan fingerprint density at radius 2 is 1.76 bits per heavy atom. The summed E-state index contributed by atoms with van der Waals surface area (Å²) < 4.78 is 37.0. The molecule has 0 unspecified atom stereocenters. The van der Waals surface area contributed by atoms with Crippen LogP contribution < -0.4 is 5.32 Å². The number of hydrogen-bond donors (Lipinski definition) is 1. The lowest BCUT2D eigenvalue weighted by Gasteiger charge is -2.34. The van der Waals surface area contributed by atoms with Gasteiger partial charge in [-0.1, -0.05) is 0 Å². The van der Waals surface area contributed by atoms with Gasteiger partial charge in [0.25, 0.3) is 0 Å². The first kappa shape index (κ1) is 16.0. The quantitative estimate of drug-likeness (QED) is 0.913. The van der Waals surface area contributed by atoms with Gasteiger partial charge >= 0.3 is 6.18 Å². The Hall–Kier alpha value is -1.41. The smallest absolute Gasteiger partial charge is 0.373 e. The van der Waals surface area contributed by atoms with Gasteiger partial charge in [-0.3, -0.25) is 9.80 Å².